The number of hydroxylamine groups is 2. The van der Waals surface area contributed by atoms with Gasteiger partial charge in [0, 0.05) is 6.42 Å². The van der Waals surface area contributed by atoms with Gasteiger partial charge in [0.25, 0.3) is 0 Å². The molecule has 1 aromatic rings. The van der Waals surface area contributed by atoms with Crippen LogP contribution in [-0.2, 0) is 25.8 Å². The molecule has 142 valence electrons. The minimum Gasteiger partial charge on any atom is -0.460 e. The SMILES string of the molecule is C=C(C)C[C@H]1[C@H](OC(=O)C(C)(C)C)CCC(=O)N1OCc1ccccc1. The molecule has 26 heavy (non-hydrogen) atoms. The van der Waals surface area contributed by atoms with E-state index in [4.69, 9.17) is 9.57 Å². The van der Waals surface area contributed by atoms with E-state index < -0.39 is 11.5 Å². The molecule has 5 nitrogen and oxygen atoms in total. The molecule has 0 radical (unpaired) electrons. The molecule has 2 atom stereocenters. The van der Waals surface area contributed by atoms with Gasteiger partial charge >= 0.3 is 5.97 Å². The molecule has 0 spiro atoms. The van der Waals surface area contributed by atoms with E-state index in [0.29, 0.717) is 25.9 Å². The number of piperidine rings is 1. The highest BCUT2D eigenvalue weighted by molar-refractivity contribution is 5.78. The molecular formula is C21H29NO4. The molecule has 5 heteroatoms. The maximum absolute atomic E-state index is 12.5. The Morgan fingerprint density at radius 2 is 1.92 bits per heavy atom. The largest absolute Gasteiger partial charge is 0.460 e. The summed E-state index contributed by atoms with van der Waals surface area (Å²) in [6.07, 6.45) is 0.933. The highest BCUT2D eigenvalue weighted by Gasteiger charge is 2.40. The van der Waals surface area contributed by atoms with Gasteiger partial charge in [0.1, 0.15) is 18.8 Å². The van der Waals surface area contributed by atoms with Gasteiger partial charge in [0.15, 0.2) is 0 Å². The number of hydrogen-bond acceptors (Lipinski definition) is 4. The Morgan fingerprint density at radius 3 is 2.50 bits per heavy atom. The third kappa shape index (κ3) is 5.43. The third-order valence-corrected chi connectivity index (χ3v) is 4.26. The number of amides is 1. The number of benzene rings is 1. The third-order valence-electron chi connectivity index (χ3n) is 4.26. The minimum atomic E-state index is -0.592. The standard InChI is InChI=1S/C21H29NO4/c1-15(2)13-17-18(26-20(24)21(3,4)5)11-12-19(23)22(17)25-14-16-9-7-6-8-10-16/h6-10,17-18H,1,11-14H2,2-5H3/t17-,18+/m0/s1. The van der Waals surface area contributed by atoms with Crippen LogP contribution in [0.5, 0.6) is 0 Å². The second kappa shape index (κ2) is 8.49. The molecule has 1 heterocycles. The van der Waals surface area contributed by atoms with E-state index in [0.717, 1.165) is 11.1 Å². The van der Waals surface area contributed by atoms with Crippen LogP contribution in [0.3, 0.4) is 0 Å². The van der Waals surface area contributed by atoms with Crippen molar-refractivity contribution in [2.24, 2.45) is 5.41 Å². The Labute approximate surface area is 155 Å². The lowest BCUT2D eigenvalue weighted by Crippen LogP contribution is -2.53. The first-order valence-electron chi connectivity index (χ1n) is 9.03. The zero-order chi connectivity index (χ0) is 19.3. The molecule has 1 aromatic carbocycles. The molecular weight excluding hydrogens is 330 g/mol. The fraction of sp³-hybridized carbons (Fsp3) is 0.524. The molecule has 1 saturated heterocycles. The smallest absolute Gasteiger partial charge is 0.311 e. The number of rotatable bonds is 6. The fourth-order valence-corrected chi connectivity index (χ4v) is 2.81. The summed E-state index contributed by atoms with van der Waals surface area (Å²) in [7, 11) is 0. The summed E-state index contributed by atoms with van der Waals surface area (Å²) in [5, 5.41) is 1.39. The second-order valence-electron chi connectivity index (χ2n) is 7.94. The van der Waals surface area contributed by atoms with Crippen LogP contribution in [0.1, 0.15) is 52.5 Å². The summed E-state index contributed by atoms with van der Waals surface area (Å²) in [6, 6.07) is 9.31. The Bertz CT molecular complexity index is 648. The van der Waals surface area contributed by atoms with Gasteiger partial charge in [-0.2, -0.15) is 0 Å². The molecule has 0 N–H and O–H groups in total. The van der Waals surface area contributed by atoms with E-state index in [1.165, 1.54) is 5.06 Å². The predicted octanol–water partition coefficient (Wildman–Crippen LogP) is 4.03. The molecule has 2 rings (SSSR count). The van der Waals surface area contributed by atoms with Crippen molar-refractivity contribution >= 4 is 11.9 Å². The van der Waals surface area contributed by atoms with Crippen LogP contribution < -0.4 is 0 Å². The minimum absolute atomic E-state index is 0.0877. The lowest BCUT2D eigenvalue weighted by molar-refractivity contribution is -0.231. The van der Waals surface area contributed by atoms with Crippen LogP contribution >= 0.6 is 0 Å². The molecule has 0 bridgehead atoms. The summed E-state index contributed by atoms with van der Waals surface area (Å²) in [6.45, 7) is 11.6. The van der Waals surface area contributed by atoms with E-state index in [1.54, 1.807) is 0 Å². The zero-order valence-electron chi connectivity index (χ0n) is 16.2. The van der Waals surface area contributed by atoms with Crippen molar-refractivity contribution in [3.63, 3.8) is 0 Å². The average molecular weight is 359 g/mol. The van der Waals surface area contributed by atoms with Crippen LogP contribution in [0.25, 0.3) is 0 Å². The first-order valence-corrected chi connectivity index (χ1v) is 9.03. The monoisotopic (exact) mass is 359 g/mol. The van der Waals surface area contributed by atoms with Gasteiger partial charge in [-0.05, 0) is 46.1 Å². The van der Waals surface area contributed by atoms with Gasteiger partial charge in [-0.1, -0.05) is 35.9 Å². The first kappa shape index (κ1) is 20.2. The van der Waals surface area contributed by atoms with Crippen LogP contribution in [-0.4, -0.2) is 29.1 Å². The summed E-state index contributed by atoms with van der Waals surface area (Å²) in [5.74, 6) is -0.359. The van der Waals surface area contributed by atoms with Crippen molar-refractivity contribution in [1.82, 2.24) is 5.06 Å². The number of carbonyl (C=O) groups is 2. The van der Waals surface area contributed by atoms with Crippen molar-refractivity contribution in [2.45, 2.75) is 65.7 Å². The highest BCUT2D eigenvalue weighted by Crippen LogP contribution is 2.29. The van der Waals surface area contributed by atoms with E-state index in [2.05, 4.69) is 6.58 Å². The molecule has 1 amide bonds. The number of esters is 1. The maximum atomic E-state index is 12.5. The van der Waals surface area contributed by atoms with Crippen molar-refractivity contribution in [3.05, 3.63) is 48.0 Å². The van der Waals surface area contributed by atoms with Crippen LogP contribution in [0.15, 0.2) is 42.5 Å². The molecule has 1 fully saturated rings. The lowest BCUT2D eigenvalue weighted by Gasteiger charge is -2.40. The van der Waals surface area contributed by atoms with Crippen LogP contribution in [0.4, 0.5) is 0 Å². The van der Waals surface area contributed by atoms with Crippen molar-refractivity contribution in [3.8, 4) is 0 Å². The number of hydrogen-bond donors (Lipinski definition) is 0. The van der Waals surface area contributed by atoms with Gasteiger partial charge in [0.2, 0.25) is 5.91 Å². The molecule has 0 aliphatic carbocycles. The summed E-state index contributed by atoms with van der Waals surface area (Å²) >= 11 is 0. The average Bonchev–Trinajstić information content (AvgIpc) is 2.56. The summed E-state index contributed by atoms with van der Waals surface area (Å²) in [4.78, 5) is 30.7. The van der Waals surface area contributed by atoms with Gasteiger partial charge < -0.3 is 4.74 Å². The van der Waals surface area contributed by atoms with Gasteiger partial charge in [-0.25, -0.2) is 5.06 Å². The first-order chi connectivity index (χ1) is 12.2. The van der Waals surface area contributed by atoms with E-state index in [9.17, 15) is 9.59 Å². The van der Waals surface area contributed by atoms with Crippen LogP contribution in [0.2, 0.25) is 0 Å². The fourth-order valence-electron chi connectivity index (χ4n) is 2.81. The van der Waals surface area contributed by atoms with Crippen molar-refractivity contribution < 1.29 is 19.2 Å². The highest BCUT2D eigenvalue weighted by atomic mass is 16.7. The summed E-state index contributed by atoms with van der Waals surface area (Å²) < 4.78 is 5.75. The lowest BCUT2D eigenvalue weighted by atomic mass is 9.93. The van der Waals surface area contributed by atoms with E-state index in [-0.39, 0.29) is 17.9 Å². The summed E-state index contributed by atoms with van der Waals surface area (Å²) in [5.41, 5.74) is 1.29. The van der Waals surface area contributed by atoms with E-state index in [1.807, 2.05) is 58.0 Å². The predicted molar refractivity (Wildman–Crippen MR) is 99.9 cm³/mol. The van der Waals surface area contributed by atoms with Crippen LogP contribution in [0, 0.1) is 5.41 Å². The maximum Gasteiger partial charge on any atom is 0.311 e. The number of carbonyl (C=O) groups excluding carboxylic acids is 2. The molecule has 1 aliphatic rings. The van der Waals surface area contributed by atoms with Gasteiger partial charge in [0.05, 0.1) is 5.41 Å². The van der Waals surface area contributed by atoms with Gasteiger partial charge in [-0.15, -0.1) is 6.58 Å². The Morgan fingerprint density at radius 1 is 1.27 bits per heavy atom. The Kier molecular flexibility index (Phi) is 6.59. The van der Waals surface area contributed by atoms with Gasteiger partial charge in [-0.3, -0.25) is 14.4 Å². The normalized spacial score (nSPS) is 20.8. The van der Waals surface area contributed by atoms with Crippen molar-refractivity contribution in [2.75, 3.05) is 0 Å². The Balaban J connectivity index is 2.15. The molecule has 0 aromatic heterocycles. The van der Waals surface area contributed by atoms with E-state index >= 15 is 0 Å². The zero-order valence-corrected chi connectivity index (χ0v) is 16.2. The number of ether oxygens (including phenoxy) is 1. The number of nitrogens with zero attached hydrogens (tertiary/aromatic N) is 1. The molecule has 0 saturated carbocycles. The quantitative estimate of drug-likeness (QED) is 0.568. The molecule has 1 aliphatic heterocycles. The van der Waals surface area contributed by atoms with Crippen molar-refractivity contribution in [1.29, 1.82) is 0 Å². The topological polar surface area (TPSA) is 55.8 Å². The Hall–Kier alpha value is -2.14. The second-order valence-corrected chi connectivity index (χ2v) is 7.94. The molecule has 0 unspecified atom stereocenters.